The largest absolute Gasteiger partial charge is 0.302 e. The first kappa shape index (κ1) is 6.77. The Kier molecular flexibility index (Phi) is 2.24. The molecule has 1 heterocycles. The maximum Gasteiger partial charge on any atom is 0.147 e. The van der Waals surface area contributed by atoms with Gasteiger partial charge in [0, 0.05) is 5.75 Å². The molecule has 1 saturated heterocycles. The molecule has 0 aliphatic carbocycles. The van der Waals surface area contributed by atoms with E-state index in [1.807, 2.05) is 0 Å². The molecule has 0 aromatic carbocycles. The van der Waals surface area contributed by atoms with E-state index >= 15 is 0 Å². The van der Waals surface area contributed by atoms with E-state index in [1.54, 1.807) is 0 Å². The molecule has 0 aromatic rings. The molecule has 1 aliphatic heterocycles. The van der Waals surface area contributed by atoms with Crippen LogP contribution in [0.3, 0.4) is 0 Å². The Labute approximate surface area is 57.2 Å². The molecule has 3 nitrogen and oxygen atoms in total. The van der Waals surface area contributed by atoms with Crippen LogP contribution >= 0.6 is 11.8 Å². The summed E-state index contributed by atoms with van der Waals surface area (Å²) in [6.45, 7) is 0. The van der Waals surface area contributed by atoms with Crippen LogP contribution in [0, 0.1) is 0 Å². The second-order valence-corrected chi connectivity index (χ2v) is 2.97. The first-order valence-electron chi connectivity index (χ1n) is 2.65. The van der Waals surface area contributed by atoms with E-state index in [9.17, 15) is 9.59 Å². The van der Waals surface area contributed by atoms with Crippen molar-refractivity contribution in [3.8, 4) is 0 Å². The quantitative estimate of drug-likeness (QED) is 0.528. The van der Waals surface area contributed by atoms with Crippen molar-refractivity contribution in [1.82, 2.24) is 5.32 Å². The average Bonchev–Trinajstić information content (AvgIpc) is 2.34. The van der Waals surface area contributed by atoms with Gasteiger partial charge in [0.15, 0.2) is 0 Å². The van der Waals surface area contributed by atoms with Crippen molar-refractivity contribution >= 4 is 24.3 Å². The molecule has 0 spiro atoms. The highest BCUT2D eigenvalue weighted by atomic mass is 32.2. The van der Waals surface area contributed by atoms with E-state index in [0.717, 1.165) is 12.6 Å². The molecule has 0 saturated carbocycles. The van der Waals surface area contributed by atoms with Crippen molar-refractivity contribution in [3.05, 3.63) is 0 Å². The number of carbonyl (C=O) groups excluding carboxylic acids is 2. The topological polar surface area (TPSA) is 46.2 Å². The van der Waals surface area contributed by atoms with Gasteiger partial charge in [0.05, 0.1) is 6.04 Å². The molecule has 2 unspecified atom stereocenters. The van der Waals surface area contributed by atoms with Crippen molar-refractivity contribution < 1.29 is 9.59 Å². The zero-order chi connectivity index (χ0) is 6.69. The van der Waals surface area contributed by atoms with Crippen LogP contribution in [0.1, 0.15) is 0 Å². The van der Waals surface area contributed by atoms with Gasteiger partial charge in [-0.25, -0.2) is 0 Å². The van der Waals surface area contributed by atoms with E-state index < -0.39 is 0 Å². The lowest BCUT2D eigenvalue weighted by Crippen LogP contribution is -2.31. The Morgan fingerprint density at radius 3 is 2.56 bits per heavy atom. The fourth-order valence-corrected chi connectivity index (χ4v) is 1.61. The molecule has 0 amide bonds. The van der Waals surface area contributed by atoms with Crippen LogP contribution in [0.5, 0.6) is 0 Å². The van der Waals surface area contributed by atoms with Gasteiger partial charge in [0.2, 0.25) is 0 Å². The minimum Gasteiger partial charge on any atom is -0.302 e. The zero-order valence-electron chi connectivity index (χ0n) is 4.74. The summed E-state index contributed by atoms with van der Waals surface area (Å²) in [5.74, 6) is 0.715. The number of hydrogen-bond donors (Lipinski definition) is 1. The third-order valence-electron chi connectivity index (χ3n) is 1.12. The molecule has 4 heteroatoms. The van der Waals surface area contributed by atoms with Crippen molar-refractivity contribution in [3.63, 3.8) is 0 Å². The fourth-order valence-electron chi connectivity index (χ4n) is 0.672. The van der Waals surface area contributed by atoms with Gasteiger partial charge in [-0.1, -0.05) is 0 Å². The number of rotatable bonds is 2. The molecule has 0 radical (unpaired) electrons. The van der Waals surface area contributed by atoms with Gasteiger partial charge in [-0.05, 0) is 0 Å². The molecule has 50 valence electrons. The Morgan fingerprint density at radius 1 is 1.44 bits per heavy atom. The third kappa shape index (κ3) is 1.53. The van der Waals surface area contributed by atoms with Crippen molar-refractivity contribution in [2.75, 3.05) is 5.75 Å². The summed E-state index contributed by atoms with van der Waals surface area (Å²) in [5, 5.41) is 2.65. The molecule has 1 aliphatic rings. The van der Waals surface area contributed by atoms with Crippen LogP contribution in [-0.4, -0.2) is 29.7 Å². The molecular formula is C5H7NO2S. The van der Waals surface area contributed by atoms with E-state index in [-0.39, 0.29) is 11.4 Å². The van der Waals surface area contributed by atoms with E-state index in [2.05, 4.69) is 5.32 Å². The van der Waals surface area contributed by atoms with E-state index in [0.29, 0.717) is 5.75 Å². The lowest BCUT2D eigenvalue weighted by Gasteiger charge is -1.98. The first-order valence-corrected chi connectivity index (χ1v) is 3.70. The summed E-state index contributed by atoms with van der Waals surface area (Å²) in [7, 11) is 0. The predicted molar refractivity (Wildman–Crippen MR) is 35.3 cm³/mol. The number of hydrogen-bond acceptors (Lipinski definition) is 4. The van der Waals surface area contributed by atoms with Gasteiger partial charge in [-0.15, -0.1) is 11.8 Å². The normalized spacial score (nSPS) is 34.2. The fraction of sp³-hybridized carbons (Fsp3) is 0.600. The summed E-state index contributed by atoms with van der Waals surface area (Å²) < 4.78 is 0. The molecule has 9 heavy (non-hydrogen) atoms. The highest BCUT2D eigenvalue weighted by Crippen LogP contribution is 2.14. The third-order valence-corrected chi connectivity index (χ3v) is 2.28. The molecule has 0 aromatic heterocycles. The lowest BCUT2D eigenvalue weighted by molar-refractivity contribution is -0.109. The van der Waals surface area contributed by atoms with Gasteiger partial charge >= 0.3 is 0 Å². The van der Waals surface area contributed by atoms with Crippen LogP contribution in [0.15, 0.2) is 0 Å². The van der Waals surface area contributed by atoms with Crippen molar-refractivity contribution in [2.45, 2.75) is 11.4 Å². The number of thioether (sulfide) groups is 1. The highest BCUT2D eigenvalue weighted by molar-refractivity contribution is 8.00. The lowest BCUT2D eigenvalue weighted by atomic mass is 10.4. The standard InChI is InChI=1S/C5H7NO2S/c7-1-4-3-9-5(2-8)6-4/h1-2,4-6H,3H2. The monoisotopic (exact) mass is 145 g/mol. The SMILES string of the molecule is O=CC1CSC(C=O)N1. The van der Waals surface area contributed by atoms with Gasteiger partial charge in [-0.2, -0.15) is 0 Å². The van der Waals surface area contributed by atoms with Crippen LogP contribution in [0.4, 0.5) is 0 Å². The molecule has 2 atom stereocenters. The van der Waals surface area contributed by atoms with Gasteiger partial charge in [0.25, 0.3) is 0 Å². The average molecular weight is 145 g/mol. The Hall–Kier alpha value is -0.350. The van der Waals surface area contributed by atoms with Crippen LogP contribution in [0.2, 0.25) is 0 Å². The number of carbonyl (C=O) groups is 2. The molecule has 1 N–H and O–H groups in total. The van der Waals surface area contributed by atoms with Gasteiger partial charge in [0.1, 0.15) is 17.9 Å². The minimum atomic E-state index is -0.166. The van der Waals surface area contributed by atoms with E-state index in [1.165, 1.54) is 11.8 Å². The summed E-state index contributed by atoms with van der Waals surface area (Å²) in [6, 6.07) is -0.120. The molecular weight excluding hydrogens is 138 g/mol. The summed E-state index contributed by atoms with van der Waals surface area (Å²) in [6.07, 6.45) is 1.64. The van der Waals surface area contributed by atoms with Gasteiger partial charge < -0.3 is 9.59 Å². The highest BCUT2D eigenvalue weighted by Gasteiger charge is 2.22. The van der Waals surface area contributed by atoms with Crippen LogP contribution in [-0.2, 0) is 9.59 Å². The van der Waals surface area contributed by atoms with Gasteiger partial charge in [-0.3, -0.25) is 5.32 Å². The first-order chi connectivity index (χ1) is 4.36. The maximum atomic E-state index is 10.1. The molecule has 1 fully saturated rings. The number of aldehydes is 2. The van der Waals surface area contributed by atoms with Crippen LogP contribution in [0.25, 0.3) is 0 Å². The summed E-state index contributed by atoms with van der Waals surface area (Å²) >= 11 is 1.46. The number of nitrogens with one attached hydrogen (secondary N) is 1. The van der Waals surface area contributed by atoms with E-state index in [4.69, 9.17) is 0 Å². The smallest absolute Gasteiger partial charge is 0.147 e. The second kappa shape index (κ2) is 2.98. The Balaban J connectivity index is 2.36. The zero-order valence-corrected chi connectivity index (χ0v) is 5.56. The Morgan fingerprint density at radius 2 is 2.22 bits per heavy atom. The summed E-state index contributed by atoms with van der Waals surface area (Å²) in [5.41, 5.74) is 0. The summed E-state index contributed by atoms with van der Waals surface area (Å²) in [4.78, 5) is 20.1. The molecule has 1 rings (SSSR count). The Bertz CT molecular complexity index is 114. The van der Waals surface area contributed by atoms with Crippen LogP contribution < -0.4 is 5.32 Å². The molecule has 0 bridgehead atoms. The minimum absolute atomic E-state index is 0.120. The second-order valence-electron chi connectivity index (χ2n) is 1.80. The predicted octanol–water partition coefficient (Wildman–Crippen LogP) is -0.585. The van der Waals surface area contributed by atoms with Crippen molar-refractivity contribution in [1.29, 1.82) is 0 Å². The van der Waals surface area contributed by atoms with Crippen molar-refractivity contribution in [2.24, 2.45) is 0 Å². The maximum absolute atomic E-state index is 10.1.